The van der Waals surface area contributed by atoms with Crippen LogP contribution in [0.2, 0.25) is 0 Å². The number of H-pyrrole nitrogens is 1. The van der Waals surface area contributed by atoms with E-state index < -0.39 is 0 Å². The van der Waals surface area contributed by atoms with E-state index in [1.165, 1.54) is 22.3 Å². The van der Waals surface area contributed by atoms with Crippen LogP contribution in [0.15, 0.2) is 12.1 Å². The highest BCUT2D eigenvalue weighted by Gasteiger charge is 2.18. The second-order valence-electron chi connectivity index (χ2n) is 5.33. The van der Waals surface area contributed by atoms with Gasteiger partial charge in [0.1, 0.15) is 5.82 Å². The molecule has 0 saturated carbocycles. The van der Waals surface area contributed by atoms with Gasteiger partial charge in [0.2, 0.25) is 0 Å². The molecule has 0 radical (unpaired) electrons. The molecule has 3 N–H and O–H groups in total. The van der Waals surface area contributed by atoms with Gasteiger partial charge in [0.15, 0.2) is 0 Å². The lowest BCUT2D eigenvalue weighted by molar-refractivity contribution is 0.873. The summed E-state index contributed by atoms with van der Waals surface area (Å²) in [6.07, 6.45) is 0. The molecule has 3 nitrogen and oxygen atoms in total. The number of nitrogens with zero attached hydrogens (tertiary/aromatic N) is 1. The first kappa shape index (κ1) is 12.7. The van der Waals surface area contributed by atoms with Gasteiger partial charge < -0.3 is 5.73 Å². The van der Waals surface area contributed by atoms with E-state index in [0.717, 1.165) is 11.3 Å². The fourth-order valence-electron chi connectivity index (χ4n) is 2.71. The van der Waals surface area contributed by atoms with Gasteiger partial charge in [-0.15, -0.1) is 0 Å². The first-order chi connectivity index (χ1) is 8.41. The number of nitrogens with one attached hydrogen (secondary N) is 1. The summed E-state index contributed by atoms with van der Waals surface area (Å²) in [7, 11) is 0. The number of nitrogen functional groups attached to an aromatic ring is 1. The molecule has 0 atom stereocenters. The minimum Gasteiger partial charge on any atom is -0.382 e. The van der Waals surface area contributed by atoms with Gasteiger partial charge in [0, 0.05) is 11.1 Å². The van der Waals surface area contributed by atoms with Gasteiger partial charge in [-0.25, -0.2) is 0 Å². The summed E-state index contributed by atoms with van der Waals surface area (Å²) in [4.78, 5) is 0. The Kier molecular flexibility index (Phi) is 3.16. The van der Waals surface area contributed by atoms with Gasteiger partial charge in [0.05, 0.1) is 5.69 Å². The highest BCUT2D eigenvalue weighted by Crippen LogP contribution is 2.35. The molecule has 0 spiro atoms. The molecular weight excluding hydrogens is 222 g/mol. The summed E-state index contributed by atoms with van der Waals surface area (Å²) in [5, 5.41) is 7.27. The fraction of sp³-hybridized carbons (Fsp3) is 0.400. The van der Waals surface area contributed by atoms with Crippen molar-refractivity contribution in [3.8, 4) is 11.3 Å². The molecule has 0 unspecified atom stereocenters. The second kappa shape index (κ2) is 4.48. The zero-order valence-corrected chi connectivity index (χ0v) is 11.8. The van der Waals surface area contributed by atoms with Crippen molar-refractivity contribution >= 4 is 5.82 Å². The van der Waals surface area contributed by atoms with Crippen LogP contribution in [0.5, 0.6) is 0 Å². The molecule has 0 amide bonds. The van der Waals surface area contributed by atoms with Crippen molar-refractivity contribution in [2.24, 2.45) is 0 Å². The molecule has 2 aromatic rings. The standard InChI is InChI=1S/C15H21N3/c1-8(2)12-14(17-18-15(12)16)13-10(4)6-9(3)7-11(13)5/h6-8H,1-5H3,(H3,16,17,18). The number of hydrogen-bond acceptors (Lipinski definition) is 2. The van der Waals surface area contributed by atoms with Crippen molar-refractivity contribution in [3.05, 3.63) is 34.4 Å². The van der Waals surface area contributed by atoms with Crippen molar-refractivity contribution in [1.29, 1.82) is 0 Å². The van der Waals surface area contributed by atoms with Crippen molar-refractivity contribution in [2.75, 3.05) is 5.73 Å². The summed E-state index contributed by atoms with van der Waals surface area (Å²) >= 11 is 0. The van der Waals surface area contributed by atoms with Gasteiger partial charge in [-0.1, -0.05) is 31.5 Å². The molecule has 0 aliphatic heterocycles. The number of rotatable bonds is 2. The predicted molar refractivity (Wildman–Crippen MR) is 76.7 cm³/mol. The first-order valence-electron chi connectivity index (χ1n) is 6.33. The number of anilines is 1. The normalized spacial score (nSPS) is 11.2. The third-order valence-electron chi connectivity index (χ3n) is 3.34. The Morgan fingerprint density at radius 3 is 2.17 bits per heavy atom. The Balaban J connectivity index is 2.70. The van der Waals surface area contributed by atoms with Crippen LogP contribution in [0.1, 0.15) is 42.0 Å². The predicted octanol–water partition coefficient (Wildman–Crippen LogP) is 3.71. The average molecular weight is 243 g/mol. The van der Waals surface area contributed by atoms with Crippen LogP contribution in [-0.2, 0) is 0 Å². The van der Waals surface area contributed by atoms with Crippen molar-refractivity contribution < 1.29 is 0 Å². The Labute approximate surface area is 108 Å². The monoisotopic (exact) mass is 243 g/mol. The van der Waals surface area contributed by atoms with E-state index in [1.54, 1.807) is 0 Å². The summed E-state index contributed by atoms with van der Waals surface area (Å²) in [5.74, 6) is 0.971. The number of aromatic nitrogens is 2. The third-order valence-corrected chi connectivity index (χ3v) is 3.34. The van der Waals surface area contributed by atoms with Gasteiger partial charge in [0.25, 0.3) is 0 Å². The van der Waals surface area contributed by atoms with Crippen molar-refractivity contribution in [2.45, 2.75) is 40.5 Å². The highest BCUT2D eigenvalue weighted by atomic mass is 15.2. The van der Waals surface area contributed by atoms with Crippen LogP contribution in [0, 0.1) is 20.8 Å². The molecule has 1 aromatic carbocycles. The minimum absolute atomic E-state index is 0.360. The molecule has 0 fully saturated rings. The van der Waals surface area contributed by atoms with Gasteiger partial charge in [-0.3, -0.25) is 5.10 Å². The number of hydrogen-bond donors (Lipinski definition) is 2. The molecule has 1 heterocycles. The number of benzene rings is 1. The Hall–Kier alpha value is -1.77. The van der Waals surface area contributed by atoms with Crippen LogP contribution in [0.25, 0.3) is 11.3 Å². The van der Waals surface area contributed by atoms with Crippen LogP contribution >= 0.6 is 0 Å². The van der Waals surface area contributed by atoms with Gasteiger partial charge in [-0.2, -0.15) is 5.10 Å². The SMILES string of the molecule is Cc1cc(C)c(-c2[nH]nc(N)c2C(C)C)c(C)c1. The summed E-state index contributed by atoms with van der Waals surface area (Å²) in [6, 6.07) is 4.40. The van der Waals surface area contributed by atoms with E-state index in [9.17, 15) is 0 Å². The van der Waals surface area contributed by atoms with E-state index in [-0.39, 0.29) is 0 Å². The lowest BCUT2D eigenvalue weighted by Crippen LogP contribution is -1.97. The number of aryl methyl sites for hydroxylation is 3. The zero-order chi connectivity index (χ0) is 13.4. The highest BCUT2D eigenvalue weighted by molar-refractivity contribution is 5.74. The van der Waals surface area contributed by atoms with E-state index in [2.05, 4.69) is 56.9 Å². The lowest BCUT2D eigenvalue weighted by atomic mass is 9.92. The van der Waals surface area contributed by atoms with Crippen molar-refractivity contribution in [3.63, 3.8) is 0 Å². The Bertz CT molecular complexity index is 556. The smallest absolute Gasteiger partial charge is 0.149 e. The maximum absolute atomic E-state index is 5.97. The van der Waals surface area contributed by atoms with E-state index in [1.807, 2.05) is 0 Å². The van der Waals surface area contributed by atoms with Crippen LogP contribution in [0.4, 0.5) is 5.82 Å². The largest absolute Gasteiger partial charge is 0.382 e. The van der Waals surface area contributed by atoms with Gasteiger partial charge >= 0.3 is 0 Å². The maximum Gasteiger partial charge on any atom is 0.149 e. The molecule has 0 bridgehead atoms. The molecule has 3 heteroatoms. The van der Waals surface area contributed by atoms with Crippen molar-refractivity contribution in [1.82, 2.24) is 10.2 Å². The Morgan fingerprint density at radius 2 is 1.67 bits per heavy atom. The Morgan fingerprint density at radius 1 is 1.11 bits per heavy atom. The summed E-state index contributed by atoms with van der Waals surface area (Å²) in [5.41, 5.74) is 13.2. The third kappa shape index (κ3) is 2.01. The number of aromatic amines is 1. The molecular formula is C15H21N3. The second-order valence-corrected chi connectivity index (χ2v) is 5.33. The average Bonchev–Trinajstić information content (AvgIpc) is 2.58. The molecule has 2 rings (SSSR count). The minimum atomic E-state index is 0.360. The van der Waals surface area contributed by atoms with E-state index >= 15 is 0 Å². The molecule has 96 valence electrons. The van der Waals surface area contributed by atoms with Crippen LogP contribution < -0.4 is 5.73 Å². The fourth-order valence-corrected chi connectivity index (χ4v) is 2.71. The quantitative estimate of drug-likeness (QED) is 0.844. The van der Waals surface area contributed by atoms with Crippen LogP contribution in [0.3, 0.4) is 0 Å². The summed E-state index contributed by atoms with van der Waals surface area (Å²) in [6.45, 7) is 10.7. The van der Waals surface area contributed by atoms with Gasteiger partial charge in [-0.05, 0) is 37.8 Å². The first-order valence-corrected chi connectivity index (χ1v) is 6.33. The van der Waals surface area contributed by atoms with E-state index in [0.29, 0.717) is 11.7 Å². The maximum atomic E-state index is 5.97. The molecule has 0 saturated heterocycles. The molecule has 1 aromatic heterocycles. The summed E-state index contributed by atoms with van der Waals surface area (Å²) < 4.78 is 0. The molecule has 0 aliphatic carbocycles. The van der Waals surface area contributed by atoms with Crippen LogP contribution in [-0.4, -0.2) is 10.2 Å². The topological polar surface area (TPSA) is 54.7 Å². The number of nitrogens with two attached hydrogens (primary N) is 1. The zero-order valence-electron chi connectivity index (χ0n) is 11.8. The molecule has 18 heavy (non-hydrogen) atoms. The van der Waals surface area contributed by atoms with E-state index in [4.69, 9.17) is 5.73 Å². The lowest BCUT2D eigenvalue weighted by Gasteiger charge is -2.13. The molecule has 0 aliphatic rings.